The largest absolute Gasteiger partial charge is 0.477 e. The van der Waals surface area contributed by atoms with E-state index in [1.54, 1.807) is 13.8 Å². The Morgan fingerprint density at radius 2 is 2.20 bits per heavy atom. The SMILES string of the molecule is CC(C)n1cc(S(=O)(=O)Nc2ncc[nH]2)cc1C(=O)O. The molecule has 0 spiro atoms. The monoisotopic (exact) mass is 298 g/mol. The molecular weight excluding hydrogens is 284 g/mol. The number of rotatable bonds is 5. The third-order valence-corrected chi connectivity index (χ3v) is 3.94. The van der Waals surface area contributed by atoms with Crippen molar-refractivity contribution in [2.24, 2.45) is 0 Å². The summed E-state index contributed by atoms with van der Waals surface area (Å²) in [4.78, 5) is 17.4. The summed E-state index contributed by atoms with van der Waals surface area (Å²) < 4.78 is 27.9. The highest BCUT2D eigenvalue weighted by Crippen LogP contribution is 2.20. The van der Waals surface area contributed by atoms with Crippen molar-refractivity contribution >= 4 is 21.9 Å². The van der Waals surface area contributed by atoms with Crippen LogP contribution in [0.15, 0.2) is 29.6 Å². The highest BCUT2D eigenvalue weighted by Gasteiger charge is 2.23. The first-order valence-corrected chi connectivity index (χ1v) is 7.27. The van der Waals surface area contributed by atoms with E-state index in [2.05, 4.69) is 14.7 Å². The molecular formula is C11H14N4O4S. The van der Waals surface area contributed by atoms with Gasteiger partial charge in [-0.25, -0.2) is 22.9 Å². The summed E-state index contributed by atoms with van der Waals surface area (Å²) in [5.74, 6) is -1.11. The van der Waals surface area contributed by atoms with E-state index in [4.69, 9.17) is 5.11 Å². The molecule has 0 fully saturated rings. The Hall–Kier alpha value is -2.29. The maximum absolute atomic E-state index is 12.1. The van der Waals surface area contributed by atoms with Crippen molar-refractivity contribution in [2.75, 3.05) is 4.72 Å². The van der Waals surface area contributed by atoms with E-state index in [1.165, 1.54) is 23.2 Å². The van der Waals surface area contributed by atoms with Crippen LogP contribution in [0.25, 0.3) is 0 Å². The minimum absolute atomic E-state index is 0.0687. The lowest BCUT2D eigenvalue weighted by Crippen LogP contribution is -2.13. The van der Waals surface area contributed by atoms with Gasteiger partial charge in [-0.3, -0.25) is 0 Å². The maximum atomic E-state index is 12.1. The Morgan fingerprint density at radius 3 is 2.65 bits per heavy atom. The molecule has 0 aliphatic heterocycles. The Labute approximate surface area is 115 Å². The van der Waals surface area contributed by atoms with Crippen molar-refractivity contribution < 1.29 is 18.3 Å². The van der Waals surface area contributed by atoms with Gasteiger partial charge in [-0.2, -0.15) is 0 Å². The van der Waals surface area contributed by atoms with Crippen LogP contribution >= 0.6 is 0 Å². The van der Waals surface area contributed by atoms with Crippen LogP contribution in [0, 0.1) is 0 Å². The number of hydrogen-bond acceptors (Lipinski definition) is 4. The summed E-state index contributed by atoms with van der Waals surface area (Å²) in [7, 11) is -3.88. The summed E-state index contributed by atoms with van der Waals surface area (Å²) in [6.07, 6.45) is 4.17. The zero-order chi connectivity index (χ0) is 14.9. The molecule has 0 aliphatic rings. The van der Waals surface area contributed by atoms with Gasteiger partial charge < -0.3 is 14.7 Å². The van der Waals surface area contributed by atoms with Gasteiger partial charge in [0.05, 0.1) is 0 Å². The summed E-state index contributed by atoms with van der Waals surface area (Å²) in [5, 5.41) is 9.10. The molecule has 20 heavy (non-hydrogen) atoms. The van der Waals surface area contributed by atoms with Gasteiger partial charge in [0.1, 0.15) is 10.6 Å². The van der Waals surface area contributed by atoms with Crippen molar-refractivity contribution in [3.63, 3.8) is 0 Å². The summed E-state index contributed by atoms with van der Waals surface area (Å²) >= 11 is 0. The zero-order valence-corrected chi connectivity index (χ0v) is 11.7. The van der Waals surface area contributed by atoms with Crippen LogP contribution in [0.5, 0.6) is 0 Å². The first-order chi connectivity index (χ1) is 9.31. The minimum atomic E-state index is -3.88. The molecule has 2 aromatic heterocycles. The summed E-state index contributed by atoms with van der Waals surface area (Å²) in [5.41, 5.74) is -0.0835. The second kappa shape index (κ2) is 5.00. The lowest BCUT2D eigenvalue weighted by Gasteiger charge is -2.09. The van der Waals surface area contributed by atoms with Gasteiger partial charge >= 0.3 is 5.97 Å². The first-order valence-electron chi connectivity index (χ1n) is 5.78. The van der Waals surface area contributed by atoms with Crippen molar-refractivity contribution in [1.82, 2.24) is 14.5 Å². The fraction of sp³-hybridized carbons (Fsp3) is 0.273. The molecule has 3 N–H and O–H groups in total. The molecule has 0 amide bonds. The Kier molecular flexibility index (Phi) is 3.53. The van der Waals surface area contributed by atoms with Crippen LogP contribution in [-0.2, 0) is 10.0 Å². The topological polar surface area (TPSA) is 117 Å². The van der Waals surface area contributed by atoms with Gasteiger partial charge in [-0.1, -0.05) is 0 Å². The first kappa shape index (κ1) is 14.1. The zero-order valence-electron chi connectivity index (χ0n) is 10.9. The third kappa shape index (κ3) is 2.67. The number of carboxylic acids is 1. The molecule has 2 rings (SSSR count). The van der Waals surface area contributed by atoms with E-state index in [-0.39, 0.29) is 22.6 Å². The highest BCUT2D eigenvalue weighted by molar-refractivity contribution is 7.92. The molecule has 0 saturated heterocycles. The number of nitrogens with zero attached hydrogens (tertiary/aromatic N) is 2. The molecule has 0 atom stereocenters. The minimum Gasteiger partial charge on any atom is -0.477 e. The van der Waals surface area contributed by atoms with Crippen molar-refractivity contribution in [3.05, 3.63) is 30.4 Å². The van der Waals surface area contributed by atoms with Crippen LogP contribution < -0.4 is 4.72 Å². The quantitative estimate of drug-likeness (QED) is 0.769. The van der Waals surface area contributed by atoms with Gasteiger partial charge in [0.2, 0.25) is 5.95 Å². The maximum Gasteiger partial charge on any atom is 0.352 e. The molecule has 0 saturated carbocycles. The fourth-order valence-corrected chi connectivity index (χ4v) is 2.71. The normalized spacial score (nSPS) is 11.8. The number of H-pyrrole nitrogens is 1. The van der Waals surface area contributed by atoms with Gasteiger partial charge in [-0.05, 0) is 19.9 Å². The van der Waals surface area contributed by atoms with Crippen LogP contribution in [0.2, 0.25) is 0 Å². The number of aromatic carboxylic acids is 1. The van der Waals surface area contributed by atoms with Crippen LogP contribution in [-0.4, -0.2) is 34.0 Å². The van der Waals surface area contributed by atoms with Crippen LogP contribution in [0.1, 0.15) is 30.4 Å². The molecule has 2 aromatic rings. The molecule has 108 valence electrons. The van der Waals surface area contributed by atoms with Crippen LogP contribution in [0.4, 0.5) is 5.95 Å². The van der Waals surface area contributed by atoms with E-state index in [0.717, 1.165) is 6.07 Å². The number of hydrogen-bond donors (Lipinski definition) is 3. The standard InChI is InChI=1S/C11H14N4O4S/c1-7(2)15-6-8(5-9(15)10(16)17)20(18,19)14-11-12-3-4-13-11/h3-7H,1-2H3,(H,16,17)(H2,12,13,14). The Morgan fingerprint density at radius 1 is 1.50 bits per heavy atom. The number of aromatic amines is 1. The Balaban J connectivity index is 2.42. The number of sulfonamides is 1. The smallest absolute Gasteiger partial charge is 0.352 e. The van der Waals surface area contributed by atoms with Crippen molar-refractivity contribution in [1.29, 1.82) is 0 Å². The Bertz CT molecular complexity index is 716. The van der Waals surface area contributed by atoms with E-state index >= 15 is 0 Å². The fourth-order valence-electron chi connectivity index (χ4n) is 1.71. The number of carboxylic acid groups (broad SMARTS) is 1. The highest BCUT2D eigenvalue weighted by atomic mass is 32.2. The van der Waals surface area contributed by atoms with E-state index in [1.807, 2.05) is 0 Å². The lowest BCUT2D eigenvalue weighted by atomic mass is 10.3. The molecule has 9 heteroatoms. The average molecular weight is 298 g/mol. The molecule has 0 unspecified atom stereocenters. The van der Waals surface area contributed by atoms with E-state index in [9.17, 15) is 13.2 Å². The van der Waals surface area contributed by atoms with Gasteiger partial charge in [-0.15, -0.1) is 0 Å². The molecule has 2 heterocycles. The van der Waals surface area contributed by atoms with Crippen molar-refractivity contribution in [3.8, 4) is 0 Å². The number of anilines is 1. The molecule has 0 aromatic carbocycles. The number of aromatic nitrogens is 3. The number of carbonyl (C=O) groups is 1. The second-order valence-corrected chi connectivity index (χ2v) is 6.09. The second-order valence-electron chi connectivity index (χ2n) is 4.41. The van der Waals surface area contributed by atoms with Gasteiger partial charge in [0.25, 0.3) is 10.0 Å². The van der Waals surface area contributed by atoms with E-state index in [0.29, 0.717) is 0 Å². The molecule has 0 radical (unpaired) electrons. The summed E-state index contributed by atoms with van der Waals surface area (Å²) in [6.45, 7) is 3.53. The third-order valence-electron chi connectivity index (χ3n) is 2.64. The average Bonchev–Trinajstić information content (AvgIpc) is 2.95. The molecule has 0 aliphatic carbocycles. The summed E-state index contributed by atoms with van der Waals surface area (Å²) in [6, 6.07) is 0.946. The number of imidazole rings is 1. The van der Waals surface area contributed by atoms with Crippen molar-refractivity contribution in [2.45, 2.75) is 24.8 Å². The number of nitrogens with one attached hydrogen (secondary N) is 2. The molecule has 0 bridgehead atoms. The van der Waals surface area contributed by atoms with Crippen LogP contribution in [0.3, 0.4) is 0 Å². The molecule has 8 nitrogen and oxygen atoms in total. The lowest BCUT2D eigenvalue weighted by molar-refractivity contribution is 0.0683. The van der Waals surface area contributed by atoms with Gasteiger partial charge in [0, 0.05) is 24.6 Å². The van der Waals surface area contributed by atoms with Gasteiger partial charge in [0.15, 0.2) is 0 Å². The van der Waals surface area contributed by atoms with E-state index < -0.39 is 16.0 Å². The predicted molar refractivity (Wildman–Crippen MR) is 71.2 cm³/mol. The predicted octanol–water partition coefficient (Wildman–Crippen LogP) is 1.29.